The van der Waals surface area contributed by atoms with Crippen LogP contribution in [0, 0.1) is 5.92 Å². The van der Waals surface area contributed by atoms with Gasteiger partial charge in [-0.05, 0) is 87.9 Å². The number of carboxylic acids is 1. The Labute approximate surface area is 262 Å². The number of benzene rings is 3. The zero-order valence-corrected chi connectivity index (χ0v) is 26.0. The summed E-state index contributed by atoms with van der Waals surface area (Å²) < 4.78 is 5.87. The Bertz CT molecular complexity index is 1760. The molecule has 0 atom stereocenters. The van der Waals surface area contributed by atoms with E-state index in [4.69, 9.17) is 4.42 Å². The summed E-state index contributed by atoms with van der Waals surface area (Å²) in [5.74, 6) is -0.474. The molecule has 9 nitrogen and oxygen atoms in total. The maximum absolute atomic E-state index is 12.9. The van der Waals surface area contributed by atoms with Gasteiger partial charge in [-0.25, -0.2) is 4.79 Å². The predicted octanol–water partition coefficient (Wildman–Crippen LogP) is 6.34. The molecule has 236 valence electrons. The molecule has 2 aromatic rings. The van der Waals surface area contributed by atoms with Crippen molar-refractivity contribution in [2.75, 3.05) is 19.6 Å². The molecular weight excluding hydrogens is 572 g/mol. The lowest BCUT2D eigenvalue weighted by Crippen LogP contribution is -2.55. The van der Waals surface area contributed by atoms with Gasteiger partial charge in [-0.1, -0.05) is 12.5 Å². The number of hydrogen-bond acceptors (Lipinski definition) is 7. The molecule has 2 heterocycles. The Balaban J connectivity index is 1.18. The Kier molecular flexibility index (Phi) is 9.39. The number of fused-ring (bicyclic) bond motifs is 2. The topological polar surface area (TPSA) is 137 Å². The minimum atomic E-state index is -1.21. The number of carbonyl (C=O) groups excluding carboxylic acids is 2. The van der Waals surface area contributed by atoms with E-state index in [9.17, 15) is 29.4 Å². The van der Waals surface area contributed by atoms with Crippen molar-refractivity contribution in [3.8, 4) is 28.2 Å². The molecule has 45 heavy (non-hydrogen) atoms. The number of carboxylic acid groups (broad SMARTS) is 1. The van der Waals surface area contributed by atoms with Crippen LogP contribution in [0.3, 0.4) is 0 Å². The monoisotopic (exact) mass is 612 g/mol. The third kappa shape index (κ3) is 7.42. The Hall–Kier alpha value is -4.50. The first-order valence-corrected chi connectivity index (χ1v) is 15.5. The van der Waals surface area contributed by atoms with Gasteiger partial charge in [-0.15, -0.1) is 0 Å². The quantitative estimate of drug-likeness (QED) is 0.125. The van der Waals surface area contributed by atoms with Crippen LogP contribution in [0.2, 0.25) is 0 Å². The average molecular weight is 613 g/mol. The van der Waals surface area contributed by atoms with E-state index in [1.807, 2.05) is 0 Å². The highest BCUT2D eigenvalue weighted by atomic mass is 16.4. The van der Waals surface area contributed by atoms with Gasteiger partial charge in [0.05, 0.1) is 5.56 Å². The van der Waals surface area contributed by atoms with E-state index in [1.54, 1.807) is 24.3 Å². The van der Waals surface area contributed by atoms with Crippen molar-refractivity contribution in [3.63, 3.8) is 0 Å². The van der Waals surface area contributed by atoms with Crippen LogP contribution >= 0.6 is 0 Å². The fraction of sp³-hybridized carbons (Fsp3) is 0.389. The Morgan fingerprint density at radius 2 is 1.69 bits per heavy atom. The van der Waals surface area contributed by atoms with E-state index < -0.39 is 5.97 Å². The van der Waals surface area contributed by atoms with Gasteiger partial charge in [0.2, 0.25) is 0 Å². The highest BCUT2D eigenvalue weighted by Crippen LogP contribution is 2.42. The van der Waals surface area contributed by atoms with E-state index in [-0.39, 0.29) is 45.1 Å². The maximum Gasteiger partial charge on any atom is 0.336 e. The van der Waals surface area contributed by atoms with Crippen LogP contribution in [0.25, 0.3) is 33.4 Å². The summed E-state index contributed by atoms with van der Waals surface area (Å²) >= 11 is 0. The molecule has 0 aromatic heterocycles. The van der Waals surface area contributed by atoms with Crippen molar-refractivity contribution in [2.24, 2.45) is 5.92 Å². The number of aromatic hydroxyl groups is 1. The van der Waals surface area contributed by atoms with Gasteiger partial charge in [0, 0.05) is 72.2 Å². The fourth-order valence-corrected chi connectivity index (χ4v) is 5.95. The lowest BCUT2D eigenvalue weighted by atomic mass is 9.88. The molecule has 2 aliphatic heterocycles. The number of nitrogens with one attached hydrogen (secondary N) is 1. The molecular formula is C36H40N2O7. The largest absolute Gasteiger partial charge is 0.508 e. The van der Waals surface area contributed by atoms with Crippen LogP contribution in [-0.4, -0.2) is 57.9 Å². The summed E-state index contributed by atoms with van der Waals surface area (Å²) in [6.07, 6.45) is 4.45. The first kappa shape index (κ1) is 31.9. The first-order chi connectivity index (χ1) is 21.4. The number of carbonyl (C=O) groups is 3. The van der Waals surface area contributed by atoms with E-state index in [0.29, 0.717) is 59.6 Å². The second kappa shape index (κ2) is 13.2. The molecule has 3 N–H and O–H groups in total. The molecule has 0 saturated carbocycles. The smallest absolute Gasteiger partial charge is 0.336 e. The number of nitrogens with zero attached hydrogens (tertiary/aromatic N) is 1. The third-order valence-corrected chi connectivity index (χ3v) is 8.61. The molecule has 9 heteroatoms. The van der Waals surface area contributed by atoms with Crippen molar-refractivity contribution in [3.05, 3.63) is 75.9 Å². The van der Waals surface area contributed by atoms with Gasteiger partial charge in [0.25, 0.3) is 5.91 Å². The van der Waals surface area contributed by atoms with Crippen molar-refractivity contribution in [1.82, 2.24) is 10.2 Å². The van der Waals surface area contributed by atoms with Gasteiger partial charge in [-0.2, -0.15) is 0 Å². The van der Waals surface area contributed by atoms with E-state index in [0.717, 1.165) is 32.4 Å². The van der Waals surface area contributed by atoms with Gasteiger partial charge in [0.1, 0.15) is 22.9 Å². The minimum absolute atomic E-state index is 0.0382. The zero-order valence-electron chi connectivity index (χ0n) is 26.0. The third-order valence-electron chi connectivity index (χ3n) is 8.61. The fourth-order valence-electron chi connectivity index (χ4n) is 5.95. The number of rotatable bonds is 12. The van der Waals surface area contributed by atoms with Gasteiger partial charge < -0.3 is 19.9 Å². The van der Waals surface area contributed by atoms with E-state index in [1.165, 1.54) is 30.3 Å². The lowest BCUT2D eigenvalue weighted by Gasteiger charge is -2.47. The van der Waals surface area contributed by atoms with Crippen LogP contribution in [0.5, 0.6) is 5.75 Å². The van der Waals surface area contributed by atoms with Gasteiger partial charge >= 0.3 is 5.97 Å². The second-order valence-electron chi connectivity index (χ2n) is 13.0. The van der Waals surface area contributed by atoms with Gasteiger partial charge in [0.15, 0.2) is 5.43 Å². The van der Waals surface area contributed by atoms with Crippen LogP contribution in [0.1, 0.15) is 80.0 Å². The molecule has 0 radical (unpaired) electrons. The standard InChI is InChI=1S/C36H40N2O7/c1-36(2,3)38-20-22(21-38)8-10-24(39)7-5-4-6-16-37-34(42)23-9-13-27(30(17-23)35(43)44)33-28-14-11-25(40)18-31(28)45-32-19-26(41)12-15-29(32)33/h9,11-15,17-19,22,40H,4-8,10,16,20-21H2,1-3H3,(H,37,42)(H,43,44). The number of phenolic OH excluding ortho intramolecular Hbond substituents is 1. The molecule has 1 fully saturated rings. The number of aromatic carboxylic acids is 1. The molecule has 0 unspecified atom stereocenters. The van der Waals surface area contributed by atoms with Gasteiger partial charge in [-0.3, -0.25) is 19.3 Å². The SMILES string of the molecule is CC(C)(C)N1CC(CCC(=O)CCCCCNC(=O)c2ccc(-c3c4ccc(=O)cc-4oc4cc(O)ccc34)c(C(=O)O)c2)C1. The highest BCUT2D eigenvalue weighted by molar-refractivity contribution is 6.09. The Morgan fingerprint density at radius 1 is 0.933 bits per heavy atom. The molecule has 1 amide bonds. The number of ketones is 1. The maximum atomic E-state index is 12.9. The number of Topliss-reactive ketones (excluding diaryl/α,β-unsaturated/α-hetero) is 1. The van der Waals surface area contributed by atoms with Crippen molar-refractivity contribution >= 4 is 28.6 Å². The summed E-state index contributed by atoms with van der Waals surface area (Å²) in [7, 11) is 0. The van der Waals surface area contributed by atoms with Crippen molar-refractivity contribution in [2.45, 2.75) is 64.8 Å². The van der Waals surface area contributed by atoms with Crippen LogP contribution < -0.4 is 10.7 Å². The molecule has 0 spiro atoms. The van der Waals surface area contributed by atoms with Crippen LogP contribution in [0.15, 0.2) is 63.8 Å². The van der Waals surface area contributed by atoms with Crippen LogP contribution in [-0.2, 0) is 4.79 Å². The van der Waals surface area contributed by atoms with Crippen molar-refractivity contribution < 1.29 is 29.0 Å². The Morgan fingerprint density at radius 3 is 2.42 bits per heavy atom. The lowest BCUT2D eigenvalue weighted by molar-refractivity contribution is -0.119. The molecule has 1 aliphatic carbocycles. The molecule has 1 saturated heterocycles. The first-order valence-electron chi connectivity index (χ1n) is 15.5. The zero-order chi connectivity index (χ0) is 32.3. The van der Waals surface area contributed by atoms with E-state index >= 15 is 0 Å². The average Bonchev–Trinajstić information content (AvgIpc) is 2.95. The van der Waals surface area contributed by atoms with Crippen molar-refractivity contribution in [1.29, 1.82) is 0 Å². The molecule has 3 aliphatic rings. The van der Waals surface area contributed by atoms with E-state index in [2.05, 4.69) is 31.0 Å². The van der Waals surface area contributed by atoms with Crippen LogP contribution in [0.4, 0.5) is 0 Å². The predicted molar refractivity (Wildman–Crippen MR) is 173 cm³/mol. The number of unbranched alkanes of at least 4 members (excludes halogenated alkanes) is 2. The summed E-state index contributed by atoms with van der Waals surface area (Å²) in [6, 6.07) is 13.3. The minimum Gasteiger partial charge on any atom is -0.508 e. The summed E-state index contributed by atoms with van der Waals surface area (Å²) in [6.45, 7) is 9.19. The molecule has 5 rings (SSSR count). The normalized spacial score (nSPS) is 14.0. The number of hydrogen-bond donors (Lipinski definition) is 3. The molecule has 0 bridgehead atoms. The number of phenols is 1. The summed E-state index contributed by atoms with van der Waals surface area (Å²) in [5.41, 5.74) is 1.73. The molecule has 2 aromatic carbocycles. The number of amides is 1. The summed E-state index contributed by atoms with van der Waals surface area (Å²) in [5, 5.41) is 23.5. The highest BCUT2D eigenvalue weighted by Gasteiger charge is 2.34. The summed E-state index contributed by atoms with van der Waals surface area (Å²) in [4.78, 5) is 52.2. The number of likely N-dealkylation sites (tertiary alicyclic amines) is 1. The second-order valence-corrected chi connectivity index (χ2v) is 13.0.